The van der Waals surface area contributed by atoms with E-state index < -0.39 is 0 Å². The van der Waals surface area contributed by atoms with Crippen LogP contribution >= 0.6 is 0 Å². The highest BCUT2D eigenvalue weighted by molar-refractivity contribution is 5.60. The van der Waals surface area contributed by atoms with Crippen molar-refractivity contribution < 1.29 is 4.74 Å². The van der Waals surface area contributed by atoms with Crippen LogP contribution in [0.25, 0.3) is 0 Å². The minimum absolute atomic E-state index is 0.175. The maximum atomic E-state index is 5.69. The molecule has 0 aromatic heterocycles. The third kappa shape index (κ3) is 2.46. The predicted octanol–water partition coefficient (Wildman–Crippen LogP) is 2.65. The largest absolute Gasteiger partial charge is 0.495 e. The average molecular weight is 248 g/mol. The summed E-state index contributed by atoms with van der Waals surface area (Å²) in [4.78, 5) is 2.46. The molecule has 0 amide bonds. The molecule has 1 atom stereocenters. The summed E-state index contributed by atoms with van der Waals surface area (Å²) in [5, 5.41) is 0. The van der Waals surface area contributed by atoms with Crippen LogP contribution in [0.2, 0.25) is 0 Å². The molecule has 1 heterocycles. The zero-order chi connectivity index (χ0) is 13.2. The molecule has 1 saturated heterocycles. The third-order valence-electron chi connectivity index (χ3n) is 3.91. The summed E-state index contributed by atoms with van der Waals surface area (Å²) in [6.45, 7) is 6.46. The fourth-order valence-electron chi connectivity index (χ4n) is 3.09. The first-order chi connectivity index (χ1) is 8.58. The number of anilines is 1. The molecular formula is C15H24N2O. The Hall–Kier alpha value is -1.22. The highest BCUT2D eigenvalue weighted by Gasteiger charge is 2.38. The Morgan fingerprint density at radius 1 is 1.39 bits per heavy atom. The van der Waals surface area contributed by atoms with E-state index in [4.69, 9.17) is 10.5 Å². The van der Waals surface area contributed by atoms with Crippen LogP contribution in [0.4, 0.5) is 5.69 Å². The molecule has 1 unspecified atom stereocenters. The number of para-hydroxylation sites is 2. The average Bonchev–Trinajstić information content (AvgIpc) is 2.64. The molecule has 1 aliphatic rings. The number of ether oxygens (including phenoxy) is 1. The molecule has 2 rings (SSSR count). The zero-order valence-electron chi connectivity index (χ0n) is 11.6. The maximum absolute atomic E-state index is 5.69. The van der Waals surface area contributed by atoms with Gasteiger partial charge in [-0.2, -0.15) is 0 Å². The third-order valence-corrected chi connectivity index (χ3v) is 3.91. The molecule has 3 nitrogen and oxygen atoms in total. The first-order valence-corrected chi connectivity index (χ1v) is 6.69. The van der Waals surface area contributed by atoms with Gasteiger partial charge in [-0.05, 0) is 51.3 Å². The van der Waals surface area contributed by atoms with Gasteiger partial charge < -0.3 is 15.4 Å². The Balaban J connectivity index is 2.26. The van der Waals surface area contributed by atoms with Gasteiger partial charge in [0.2, 0.25) is 0 Å². The van der Waals surface area contributed by atoms with Crippen molar-refractivity contribution in [2.24, 2.45) is 11.7 Å². The van der Waals surface area contributed by atoms with E-state index in [2.05, 4.69) is 30.9 Å². The summed E-state index contributed by atoms with van der Waals surface area (Å²) in [5.41, 5.74) is 7.07. The first-order valence-electron chi connectivity index (χ1n) is 6.69. The molecule has 0 bridgehead atoms. The Labute approximate surface area is 110 Å². The van der Waals surface area contributed by atoms with Gasteiger partial charge in [0.05, 0.1) is 12.8 Å². The van der Waals surface area contributed by atoms with Crippen molar-refractivity contribution in [3.63, 3.8) is 0 Å². The first kappa shape index (κ1) is 13.2. The van der Waals surface area contributed by atoms with Crippen LogP contribution in [0, 0.1) is 5.92 Å². The molecule has 3 heteroatoms. The minimum atomic E-state index is 0.175. The van der Waals surface area contributed by atoms with Crippen LogP contribution in [0.1, 0.15) is 26.7 Å². The van der Waals surface area contributed by atoms with E-state index in [1.807, 2.05) is 12.1 Å². The second-order valence-electron chi connectivity index (χ2n) is 5.74. The van der Waals surface area contributed by atoms with Crippen molar-refractivity contribution in [3.8, 4) is 5.75 Å². The SMILES string of the molecule is COc1ccccc1N1CC(CCN)CC1(C)C. The lowest BCUT2D eigenvalue weighted by Crippen LogP contribution is -2.38. The van der Waals surface area contributed by atoms with Crippen LogP contribution in [-0.2, 0) is 0 Å². The quantitative estimate of drug-likeness (QED) is 0.890. The van der Waals surface area contributed by atoms with Crippen molar-refractivity contribution in [1.82, 2.24) is 0 Å². The number of hydrogen-bond donors (Lipinski definition) is 1. The highest BCUT2D eigenvalue weighted by Crippen LogP contribution is 2.41. The normalized spacial score (nSPS) is 22.2. The van der Waals surface area contributed by atoms with Crippen molar-refractivity contribution in [2.75, 3.05) is 25.1 Å². The van der Waals surface area contributed by atoms with E-state index in [0.717, 1.165) is 25.3 Å². The molecule has 18 heavy (non-hydrogen) atoms. The molecule has 0 radical (unpaired) electrons. The number of nitrogens with zero attached hydrogens (tertiary/aromatic N) is 1. The van der Waals surface area contributed by atoms with Gasteiger partial charge in [-0.25, -0.2) is 0 Å². The molecule has 1 aromatic carbocycles. The van der Waals surface area contributed by atoms with Gasteiger partial charge in [-0.3, -0.25) is 0 Å². The van der Waals surface area contributed by atoms with Gasteiger partial charge in [0.1, 0.15) is 5.75 Å². The highest BCUT2D eigenvalue weighted by atomic mass is 16.5. The summed E-state index contributed by atoms with van der Waals surface area (Å²) >= 11 is 0. The topological polar surface area (TPSA) is 38.5 Å². The van der Waals surface area contributed by atoms with Crippen LogP contribution in [0.5, 0.6) is 5.75 Å². The second-order valence-corrected chi connectivity index (χ2v) is 5.74. The van der Waals surface area contributed by atoms with E-state index in [1.54, 1.807) is 7.11 Å². The molecule has 1 aliphatic heterocycles. The van der Waals surface area contributed by atoms with E-state index in [9.17, 15) is 0 Å². The molecule has 0 saturated carbocycles. The van der Waals surface area contributed by atoms with Crippen LogP contribution in [-0.4, -0.2) is 25.7 Å². The summed E-state index contributed by atoms with van der Waals surface area (Å²) < 4.78 is 5.48. The minimum Gasteiger partial charge on any atom is -0.495 e. The lowest BCUT2D eigenvalue weighted by atomic mass is 9.94. The summed E-state index contributed by atoms with van der Waals surface area (Å²) in [6.07, 6.45) is 2.30. The molecular weight excluding hydrogens is 224 g/mol. The lowest BCUT2D eigenvalue weighted by Gasteiger charge is -2.34. The fraction of sp³-hybridized carbons (Fsp3) is 0.600. The number of rotatable bonds is 4. The fourth-order valence-corrected chi connectivity index (χ4v) is 3.09. The lowest BCUT2D eigenvalue weighted by molar-refractivity contribution is 0.409. The smallest absolute Gasteiger partial charge is 0.142 e. The second kappa shape index (κ2) is 5.19. The monoisotopic (exact) mass is 248 g/mol. The maximum Gasteiger partial charge on any atom is 0.142 e. The van der Waals surface area contributed by atoms with Gasteiger partial charge in [-0.1, -0.05) is 12.1 Å². The number of methoxy groups -OCH3 is 1. The number of nitrogens with two attached hydrogens (primary N) is 1. The zero-order valence-corrected chi connectivity index (χ0v) is 11.6. The molecule has 0 aliphatic carbocycles. The van der Waals surface area contributed by atoms with Crippen molar-refractivity contribution >= 4 is 5.69 Å². The summed E-state index contributed by atoms with van der Waals surface area (Å²) in [7, 11) is 1.74. The molecule has 100 valence electrons. The van der Waals surface area contributed by atoms with E-state index >= 15 is 0 Å². The molecule has 1 fully saturated rings. The van der Waals surface area contributed by atoms with Crippen LogP contribution in [0.15, 0.2) is 24.3 Å². The Bertz CT molecular complexity index is 403. The van der Waals surface area contributed by atoms with Gasteiger partial charge in [0.25, 0.3) is 0 Å². The number of hydrogen-bond acceptors (Lipinski definition) is 3. The van der Waals surface area contributed by atoms with Crippen LogP contribution < -0.4 is 15.4 Å². The summed E-state index contributed by atoms with van der Waals surface area (Å²) in [5.74, 6) is 1.65. The van der Waals surface area contributed by atoms with Crippen molar-refractivity contribution in [3.05, 3.63) is 24.3 Å². The summed E-state index contributed by atoms with van der Waals surface area (Å²) in [6, 6.07) is 8.26. The van der Waals surface area contributed by atoms with Gasteiger partial charge in [-0.15, -0.1) is 0 Å². The number of benzene rings is 1. The van der Waals surface area contributed by atoms with Gasteiger partial charge in [0, 0.05) is 12.1 Å². The Morgan fingerprint density at radius 3 is 2.78 bits per heavy atom. The Morgan fingerprint density at radius 2 is 2.11 bits per heavy atom. The van der Waals surface area contributed by atoms with E-state index in [1.165, 1.54) is 12.1 Å². The van der Waals surface area contributed by atoms with Crippen molar-refractivity contribution in [2.45, 2.75) is 32.2 Å². The van der Waals surface area contributed by atoms with E-state index in [-0.39, 0.29) is 5.54 Å². The van der Waals surface area contributed by atoms with Gasteiger partial charge >= 0.3 is 0 Å². The van der Waals surface area contributed by atoms with E-state index in [0.29, 0.717) is 5.92 Å². The predicted molar refractivity (Wildman–Crippen MR) is 76.2 cm³/mol. The van der Waals surface area contributed by atoms with Crippen LogP contribution in [0.3, 0.4) is 0 Å². The molecule has 2 N–H and O–H groups in total. The van der Waals surface area contributed by atoms with Crippen molar-refractivity contribution in [1.29, 1.82) is 0 Å². The molecule has 0 spiro atoms. The standard InChI is InChI=1S/C15H24N2O/c1-15(2)10-12(8-9-16)11-17(15)13-6-4-5-7-14(13)18-3/h4-7,12H,8-11,16H2,1-3H3. The Kier molecular flexibility index (Phi) is 3.81. The van der Waals surface area contributed by atoms with Gasteiger partial charge in [0.15, 0.2) is 0 Å². The molecule has 1 aromatic rings.